The van der Waals surface area contributed by atoms with Gasteiger partial charge in [0.05, 0.1) is 20.3 Å². The third kappa shape index (κ3) is 2.41. The molecule has 1 N–H and O–H groups in total. The molecule has 0 saturated carbocycles. The molecule has 1 fully saturated rings. The molecule has 2 heterocycles. The summed E-state index contributed by atoms with van der Waals surface area (Å²) in [5.74, 6) is 1.09. The van der Waals surface area contributed by atoms with E-state index in [4.69, 9.17) is 9.47 Å². The number of methoxy groups -OCH3 is 1. The quantitative estimate of drug-likeness (QED) is 0.873. The topological polar surface area (TPSA) is 67.9 Å². The van der Waals surface area contributed by atoms with Crippen molar-refractivity contribution in [2.45, 2.75) is 18.5 Å². The summed E-state index contributed by atoms with van der Waals surface area (Å²) in [5, 5.41) is 2.90. The maximum absolute atomic E-state index is 13.2. The number of hydrogen-bond donors (Lipinski definition) is 1. The zero-order valence-corrected chi connectivity index (χ0v) is 13.8. The monoisotopic (exact) mass is 338 g/mol. The molecule has 128 valence electrons. The molecule has 1 atom stereocenters. The van der Waals surface area contributed by atoms with Gasteiger partial charge in [-0.3, -0.25) is 9.69 Å². The predicted octanol–water partition coefficient (Wildman–Crippen LogP) is 2.43. The molecule has 1 unspecified atom stereocenters. The highest BCUT2D eigenvalue weighted by atomic mass is 16.5. The number of urea groups is 1. The Kier molecular flexibility index (Phi) is 3.60. The first-order valence-corrected chi connectivity index (χ1v) is 8.13. The van der Waals surface area contributed by atoms with Crippen molar-refractivity contribution in [3.05, 3.63) is 59.7 Å². The van der Waals surface area contributed by atoms with Crippen LogP contribution >= 0.6 is 0 Å². The number of hydrogen-bond acceptors (Lipinski definition) is 4. The summed E-state index contributed by atoms with van der Waals surface area (Å²) in [6.07, 6.45) is 0.420. The first-order valence-electron chi connectivity index (χ1n) is 8.13. The number of rotatable bonds is 3. The Morgan fingerprint density at radius 3 is 2.88 bits per heavy atom. The van der Waals surface area contributed by atoms with Crippen LogP contribution in [0.3, 0.4) is 0 Å². The van der Waals surface area contributed by atoms with Gasteiger partial charge in [-0.05, 0) is 23.8 Å². The largest absolute Gasteiger partial charge is 0.497 e. The number of amides is 3. The summed E-state index contributed by atoms with van der Waals surface area (Å²) in [5.41, 5.74) is 0.512. The third-order valence-electron chi connectivity index (χ3n) is 4.73. The molecule has 4 rings (SSSR count). The Morgan fingerprint density at radius 1 is 1.20 bits per heavy atom. The third-order valence-corrected chi connectivity index (χ3v) is 4.73. The number of ether oxygens (including phenoxy) is 2. The maximum atomic E-state index is 13.2. The van der Waals surface area contributed by atoms with E-state index in [1.165, 1.54) is 4.90 Å². The zero-order chi connectivity index (χ0) is 17.4. The van der Waals surface area contributed by atoms with Crippen molar-refractivity contribution >= 4 is 11.9 Å². The SMILES string of the molecule is COc1cccc(CN2C(=O)NC3(CCOc4ccccc43)C2=O)c1. The van der Waals surface area contributed by atoms with Crippen LogP contribution in [0.25, 0.3) is 0 Å². The number of carbonyl (C=O) groups is 2. The fraction of sp³-hybridized carbons (Fsp3) is 0.263. The fourth-order valence-corrected chi connectivity index (χ4v) is 3.47. The molecule has 1 spiro atoms. The molecule has 6 nitrogen and oxygen atoms in total. The number of benzene rings is 2. The number of para-hydroxylation sites is 1. The minimum atomic E-state index is -1.04. The summed E-state index contributed by atoms with van der Waals surface area (Å²) in [6.45, 7) is 0.586. The number of imide groups is 1. The first kappa shape index (κ1) is 15.5. The summed E-state index contributed by atoms with van der Waals surface area (Å²) in [4.78, 5) is 27.0. The van der Waals surface area contributed by atoms with Crippen LogP contribution in [0.2, 0.25) is 0 Å². The Labute approximate surface area is 145 Å². The van der Waals surface area contributed by atoms with Gasteiger partial charge in [-0.15, -0.1) is 0 Å². The first-order chi connectivity index (χ1) is 12.1. The molecule has 0 aliphatic carbocycles. The number of nitrogens with zero attached hydrogens (tertiary/aromatic N) is 1. The van der Waals surface area contributed by atoms with Gasteiger partial charge in [-0.25, -0.2) is 4.79 Å². The zero-order valence-electron chi connectivity index (χ0n) is 13.8. The highest BCUT2D eigenvalue weighted by molar-refractivity contribution is 6.07. The molecule has 0 bridgehead atoms. The summed E-state index contributed by atoms with van der Waals surface area (Å²) >= 11 is 0. The predicted molar refractivity (Wildman–Crippen MR) is 90.3 cm³/mol. The van der Waals surface area contributed by atoms with Crippen LogP contribution in [-0.4, -0.2) is 30.6 Å². The van der Waals surface area contributed by atoms with E-state index >= 15 is 0 Å². The van der Waals surface area contributed by atoms with E-state index in [1.807, 2.05) is 48.5 Å². The molecule has 0 aromatic heterocycles. The lowest BCUT2D eigenvalue weighted by molar-refractivity contribution is -0.133. The van der Waals surface area contributed by atoms with E-state index in [1.54, 1.807) is 7.11 Å². The summed E-state index contributed by atoms with van der Waals surface area (Å²) in [6, 6.07) is 14.3. The van der Waals surface area contributed by atoms with E-state index < -0.39 is 5.54 Å². The van der Waals surface area contributed by atoms with Crippen molar-refractivity contribution in [1.82, 2.24) is 10.2 Å². The average Bonchev–Trinajstić information content (AvgIpc) is 2.87. The van der Waals surface area contributed by atoms with Gasteiger partial charge in [0.2, 0.25) is 0 Å². The van der Waals surface area contributed by atoms with Crippen molar-refractivity contribution in [3.63, 3.8) is 0 Å². The molecule has 0 radical (unpaired) electrons. The van der Waals surface area contributed by atoms with Gasteiger partial charge in [0.25, 0.3) is 5.91 Å². The van der Waals surface area contributed by atoms with E-state index in [2.05, 4.69) is 5.32 Å². The van der Waals surface area contributed by atoms with Crippen LogP contribution in [0.1, 0.15) is 17.5 Å². The van der Waals surface area contributed by atoms with Crippen LogP contribution < -0.4 is 14.8 Å². The van der Waals surface area contributed by atoms with E-state index in [9.17, 15) is 9.59 Å². The second-order valence-corrected chi connectivity index (χ2v) is 6.17. The molecule has 2 aliphatic rings. The lowest BCUT2D eigenvalue weighted by Crippen LogP contribution is -2.47. The highest BCUT2D eigenvalue weighted by Gasteiger charge is 2.54. The van der Waals surface area contributed by atoms with Gasteiger partial charge >= 0.3 is 6.03 Å². The molecule has 25 heavy (non-hydrogen) atoms. The van der Waals surface area contributed by atoms with Gasteiger partial charge in [0.1, 0.15) is 11.5 Å². The van der Waals surface area contributed by atoms with Gasteiger partial charge in [-0.1, -0.05) is 30.3 Å². The van der Waals surface area contributed by atoms with E-state index in [0.717, 1.165) is 5.56 Å². The van der Waals surface area contributed by atoms with Crippen molar-refractivity contribution < 1.29 is 19.1 Å². The maximum Gasteiger partial charge on any atom is 0.325 e. The Hall–Kier alpha value is -3.02. The molecular formula is C19H18N2O4. The molecule has 6 heteroatoms. The summed E-state index contributed by atoms with van der Waals surface area (Å²) < 4.78 is 10.8. The molecule has 2 aliphatic heterocycles. The van der Waals surface area contributed by atoms with Gasteiger partial charge in [0, 0.05) is 12.0 Å². The van der Waals surface area contributed by atoms with Gasteiger partial charge in [-0.2, -0.15) is 0 Å². The van der Waals surface area contributed by atoms with Gasteiger partial charge < -0.3 is 14.8 Å². The fourth-order valence-electron chi connectivity index (χ4n) is 3.47. The van der Waals surface area contributed by atoms with Crippen LogP contribution in [-0.2, 0) is 16.9 Å². The van der Waals surface area contributed by atoms with Crippen LogP contribution in [0.5, 0.6) is 11.5 Å². The van der Waals surface area contributed by atoms with Crippen molar-refractivity contribution in [2.24, 2.45) is 0 Å². The van der Waals surface area contributed by atoms with Crippen molar-refractivity contribution in [1.29, 1.82) is 0 Å². The Bertz CT molecular complexity index is 851. The second kappa shape index (κ2) is 5.81. The molecule has 2 aromatic carbocycles. The number of nitrogens with one attached hydrogen (secondary N) is 1. The van der Waals surface area contributed by atoms with Crippen LogP contribution in [0.4, 0.5) is 4.79 Å². The standard InChI is InChI=1S/C19H18N2O4/c1-24-14-6-4-5-13(11-14)12-21-17(22)19(20-18(21)23)9-10-25-16-8-3-2-7-15(16)19/h2-8,11H,9-10,12H2,1H3,(H,20,23). The molecule has 1 saturated heterocycles. The van der Waals surface area contributed by atoms with E-state index in [0.29, 0.717) is 30.1 Å². The molecule has 2 aromatic rings. The molecular weight excluding hydrogens is 320 g/mol. The smallest absolute Gasteiger partial charge is 0.325 e. The van der Waals surface area contributed by atoms with Crippen molar-refractivity contribution in [3.8, 4) is 11.5 Å². The summed E-state index contributed by atoms with van der Waals surface area (Å²) in [7, 11) is 1.58. The van der Waals surface area contributed by atoms with Crippen LogP contribution in [0.15, 0.2) is 48.5 Å². The lowest BCUT2D eigenvalue weighted by Gasteiger charge is -2.33. The Morgan fingerprint density at radius 2 is 2.04 bits per heavy atom. The van der Waals surface area contributed by atoms with Gasteiger partial charge in [0.15, 0.2) is 5.54 Å². The van der Waals surface area contributed by atoms with Crippen molar-refractivity contribution in [2.75, 3.05) is 13.7 Å². The Balaban J connectivity index is 1.67. The van der Waals surface area contributed by atoms with Crippen LogP contribution in [0, 0.1) is 0 Å². The lowest BCUT2D eigenvalue weighted by atomic mass is 9.84. The number of fused-ring (bicyclic) bond motifs is 2. The second-order valence-electron chi connectivity index (χ2n) is 6.17. The highest BCUT2D eigenvalue weighted by Crippen LogP contribution is 2.41. The average molecular weight is 338 g/mol. The minimum absolute atomic E-state index is 0.201. The molecule has 3 amide bonds. The minimum Gasteiger partial charge on any atom is -0.497 e. The normalized spacial score (nSPS) is 21.7. The van der Waals surface area contributed by atoms with E-state index in [-0.39, 0.29) is 18.5 Å². The number of carbonyl (C=O) groups excluding carboxylic acids is 2.